The molecule has 0 bridgehead atoms. The molecule has 3 unspecified atom stereocenters. The van der Waals surface area contributed by atoms with Crippen LogP contribution >= 0.6 is 11.3 Å². The molecule has 1 saturated carbocycles. The van der Waals surface area contributed by atoms with Crippen LogP contribution in [0.4, 0.5) is 0 Å². The zero-order valence-electron chi connectivity index (χ0n) is 12.1. The van der Waals surface area contributed by atoms with Crippen molar-refractivity contribution < 1.29 is 0 Å². The summed E-state index contributed by atoms with van der Waals surface area (Å²) in [7, 11) is 0. The highest BCUT2D eigenvalue weighted by Gasteiger charge is 2.29. The zero-order chi connectivity index (χ0) is 13.1. The average Bonchev–Trinajstić information content (AvgIpc) is 2.72. The lowest BCUT2D eigenvalue weighted by molar-refractivity contribution is 0.216. The van der Waals surface area contributed by atoms with Gasteiger partial charge in [0.05, 0.1) is 6.04 Å². The van der Waals surface area contributed by atoms with Crippen molar-refractivity contribution in [1.82, 2.24) is 10.3 Å². The van der Waals surface area contributed by atoms with Crippen LogP contribution in [0.15, 0.2) is 5.38 Å². The summed E-state index contributed by atoms with van der Waals surface area (Å²) in [5.74, 6) is 1.64. The molecule has 3 heteroatoms. The Labute approximate surface area is 115 Å². The van der Waals surface area contributed by atoms with Gasteiger partial charge < -0.3 is 5.32 Å². The third-order valence-corrected chi connectivity index (χ3v) is 4.91. The fraction of sp³-hybridized carbons (Fsp3) is 0.800. The highest BCUT2D eigenvalue weighted by Crippen LogP contribution is 2.38. The molecular formula is C15H26N2S. The predicted octanol–water partition coefficient (Wildman–Crippen LogP) is 4.32. The molecule has 0 aromatic carbocycles. The minimum absolute atomic E-state index is 0.464. The van der Waals surface area contributed by atoms with Crippen LogP contribution < -0.4 is 5.32 Å². The summed E-state index contributed by atoms with van der Waals surface area (Å²) < 4.78 is 0. The molecule has 2 nitrogen and oxygen atoms in total. The van der Waals surface area contributed by atoms with Crippen LogP contribution in [-0.2, 0) is 0 Å². The van der Waals surface area contributed by atoms with Crippen molar-refractivity contribution in [2.45, 2.75) is 65.5 Å². The van der Waals surface area contributed by atoms with E-state index in [0.717, 1.165) is 17.5 Å². The van der Waals surface area contributed by atoms with E-state index in [-0.39, 0.29) is 0 Å². The van der Waals surface area contributed by atoms with E-state index < -0.39 is 0 Å². The molecule has 1 N–H and O–H groups in total. The van der Waals surface area contributed by atoms with Crippen LogP contribution in [0.25, 0.3) is 0 Å². The van der Waals surface area contributed by atoms with Crippen LogP contribution in [0.3, 0.4) is 0 Å². The monoisotopic (exact) mass is 266 g/mol. The quantitative estimate of drug-likeness (QED) is 0.878. The molecule has 1 aliphatic carbocycles. The van der Waals surface area contributed by atoms with E-state index in [1.165, 1.54) is 30.7 Å². The zero-order valence-corrected chi connectivity index (χ0v) is 12.9. The molecule has 0 radical (unpaired) electrons. The summed E-state index contributed by atoms with van der Waals surface area (Å²) in [4.78, 5) is 4.72. The molecule has 1 heterocycles. The molecule has 0 amide bonds. The molecule has 1 aromatic rings. The Balaban J connectivity index is 2.13. The molecule has 3 atom stereocenters. The first kappa shape index (κ1) is 14.0. The largest absolute Gasteiger partial charge is 0.305 e. The van der Waals surface area contributed by atoms with E-state index >= 15 is 0 Å². The average molecular weight is 266 g/mol. The number of hydrogen-bond donors (Lipinski definition) is 1. The van der Waals surface area contributed by atoms with Crippen molar-refractivity contribution in [2.24, 2.45) is 11.8 Å². The van der Waals surface area contributed by atoms with Gasteiger partial charge in [0.1, 0.15) is 5.01 Å². The minimum atomic E-state index is 0.464. The van der Waals surface area contributed by atoms with Gasteiger partial charge in [-0.3, -0.25) is 0 Å². The van der Waals surface area contributed by atoms with Crippen molar-refractivity contribution in [1.29, 1.82) is 0 Å². The minimum Gasteiger partial charge on any atom is -0.305 e. The second kappa shape index (κ2) is 6.16. The van der Waals surface area contributed by atoms with Gasteiger partial charge >= 0.3 is 0 Å². The molecule has 18 heavy (non-hydrogen) atoms. The topological polar surface area (TPSA) is 24.9 Å². The number of thiazole rings is 1. The van der Waals surface area contributed by atoms with Crippen LogP contribution in [-0.4, -0.2) is 11.0 Å². The Morgan fingerprint density at radius 2 is 2.17 bits per heavy atom. The maximum atomic E-state index is 4.72. The highest BCUT2D eigenvalue weighted by atomic mass is 32.1. The van der Waals surface area contributed by atoms with Crippen molar-refractivity contribution in [3.63, 3.8) is 0 Å². The van der Waals surface area contributed by atoms with Crippen molar-refractivity contribution in [2.75, 3.05) is 0 Å². The standard InChI is InChI=1S/C15H26N2S/c1-10(2)16-14(15-17-12(4)9-18-15)13-7-5-6-11(3)8-13/h9-11,13-14,16H,5-8H2,1-4H3. The van der Waals surface area contributed by atoms with Gasteiger partial charge in [0.25, 0.3) is 0 Å². The number of hydrogen-bond acceptors (Lipinski definition) is 3. The Hall–Kier alpha value is -0.410. The fourth-order valence-corrected chi connectivity index (χ4v) is 4.01. The fourth-order valence-electron chi connectivity index (χ4n) is 3.07. The van der Waals surface area contributed by atoms with Gasteiger partial charge in [-0.1, -0.05) is 33.6 Å². The summed E-state index contributed by atoms with van der Waals surface area (Å²) in [6.07, 6.45) is 5.49. The van der Waals surface area contributed by atoms with Crippen LogP contribution in [0.5, 0.6) is 0 Å². The van der Waals surface area contributed by atoms with Gasteiger partial charge in [-0.2, -0.15) is 0 Å². The second-order valence-electron chi connectivity index (χ2n) is 6.16. The molecule has 1 aliphatic rings. The second-order valence-corrected chi connectivity index (χ2v) is 7.05. The Bertz CT molecular complexity index is 372. The van der Waals surface area contributed by atoms with Gasteiger partial charge in [0.15, 0.2) is 0 Å². The lowest BCUT2D eigenvalue weighted by atomic mass is 9.78. The number of nitrogens with zero attached hydrogens (tertiary/aromatic N) is 1. The van der Waals surface area contributed by atoms with E-state index in [4.69, 9.17) is 4.98 Å². The first-order valence-corrected chi connectivity index (χ1v) is 8.12. The molecule has 0 aliphatic heterocycles. The number of aromatic nitrogens is 1. The Morgan fingerprint density at radius 3 is 2.72 bits per heavy atom. The van der Waals surface area contributed by atoms with E-state index in [1.54, 1.807) is 0 Å². The number of rotatable bonds is 4. The number of aryl methyl sites for hydroxylation is 1. The molecule has 1 aromatic heterocycles. The van der Waals surface area contributed by atoms with Crippen LogP contribution in [0.2, 0.25) is 0 Å². The Morgan fingerprint density at radius 1 is 1.39 bits per heavy atom. The third kappa shape index (κ3) is 3.55. The van der Waals surface area contributed by atoms with Gasteiger partial charge in [-0.05, 0) is 31.6 Å². The molecular weight excluding hydrogens is 240 g/mol. The van der Waals surface area contributed by atoms with Crippen LogP contribution in [0, 0.1) is 18.8 Å². The third-order valence-electron chi connectivity index (χ3n) is 3.86. The molecule has 0 saturated heterocycles. The van der Waals surface area contributed by atoms with Crippen molar-refractivity contribution in [3.8, 4) is 0 Å². The van der Waals surface area contributed by atoms with Crippen molar-refractivity contribution >= 4 is 11.3 Å². The first-order chi connectivity index (χ1) is 8.56. The maximum Gasteiger partial charge on any atom is 0.110 e. The summed E-state index contributed by atoms with van der Waals surface area (Å²) in [5.41, 5.74) is 1.16. The molecule has 2 rings (SSSR count). The molecule has 102 valence electrons. The maximum absolute atomic E-state index is 4.72. The number of nitrogens with one attached hydrogen (secondary N) is 1. The van der Waals surface area contributed by atoms with Gasteiger partial charge in [0, 0.05) is 17.1 Å². The molecule has 0 spiro atoms. The molecule has 1 fully saturated rings. The SMILES string of the molecule is Cc1csc(C(NC(C)C)C2CCCC(C)C2)n1. The lowest BCUT2D eigenvalue weighted by Gasteiger charge is -2.34. The summed E-state index contributed by atoms with van der Waals surface area (Å²) in [5, 5.41) is 7.22. The normalized spacial score (nSPS) is 26.5. The van der Waals surface area contributed by atoms with Gasteiger partial charge in [-0.25, -0.2) is 4.98 Å². The first-order valence-electron chi connectivity index (χ1n) is 7.24. The van der Waals surface area contributed by atoms with Gasteiger partial charge in [0.2, 0.25) is 0 Å². The van der Waals surface area contributed by atoms with Gasteiger partial charge in [-0.15, -0.1) is 11.3 Å². The van der Waals surface area contributed by atoms with Crippen LogP contribution in [0.1, 0.15) is 63.2 Å². The van der Waals surface area contributed by atoms with E-state index in [0.29, 0.717) is 12.1 Å². The predicted molar refractivity (Wildman–Crippen MR) is 79.0 cm³/mol. The summed E-state index contributed by atoms with van der Waals surface area (Å²) in [6, 6.07) is 0.989. The summed E-state index contributed by atoms with van der Waals surface area (Å²) >= 11 is 1.82. The lowest BCUT2D eigenvalue weighted by Crippen LogP contribution is -2.35. The summed E-state index contributed by atoms with van der Waals surface area (Å²) in [6.45, 7) is 8.96. The van der Waals surface area contributed by atoms with E-state index in [1.807, 2.05) is 11.3 Å². The van der Waals surface area contributed by atoms with E-state index in [2.05, 4.69) is 38.4 Å². The Kier molecular flexibility index (Phi) is 4.79. The smallest absolute Gasteiger partial charge is 0.110 e. The van der Waals surface area contributed by atoms with E-state index in [9.17, 15) is 0 Å². The highest BCUT2D eigenvalue weighted by molar-refractivity contribution is 7.09. The van der Waals surface area contributed by atoms with Crippen molar-refractivity contribution in [3.05, 3.63) is 16.1 Å².